The van der Waals surface area contributed by atoms with E-state index >= 15 is 0 Å². The van der Waals surface area contributed by atoms with Crippen LogP contribution in [0.25, 0.3) is 0 Å². The first-order valence-electron chi connectivity index (χ1n) is 7.57. The number of carbonyl (C=O) groups is 2. The molecule has 0 aliphatic heterocycles. The first-order chi connectivity index (χ1) is 9.73. The molecule has 2 rings (SSSR count). The van der Waals surface area contributed by atoms with Gasteiger partial charge in [0.05, 0.1) is 23.4 Å². The second-order valence-electron chi connectivity index (χ2n) is 6.44. The van der Waals surface area contributed by atoms with Crippen LogP contribution in [0.3, 0.4) is 0 Å². The number of hydrogen-bond donors (Lipinski definition) is 0. The molecule has 2 unspecified atom stereocenters. The van der Waals surface area contributed by atoms with Crippen molar-refractivity contribution in [3.05, 3.63) is 22.3 Å². The van der Waals surface area contributed by atoms with Gasteiger partial charge in [0, 0.05) is 11.8 Å². The Labute approximate surface area is 126 Å². The van der Waals surface area contributed by atoms with Gasteiger partial charge in [0.15, 0.2) is 0 Å². The maximum absolute atomic E-state index is 12.4. The second kappa shape index (κ2) is 5.66. The maximum atomic E-state index is 12.4. The van der Waals surface area contributed by atoms with Crippen LogP contribution in [0.5, 0.6) is 0 Å². The standard InChI is InChI=1S/C17H24O4/c1-8(2)20-16(18)14-12-7-13(11(6)10(12)5)15(14)17(19)21-9(3)4/h8-9,12-13H,7H2,1-6H3. The summed E-state index contributed by atoms with van der Waals surface area (Å²) in [4.78, 5) is 24.8. The van der Waals surface area contributed by atoms with E-state index in [1.165, 1.54) is 11.1 Å². The Morgan fingerprint density at radius 2 is 1.19 bits per heavy atom. The lowest BCUT2D eigenvalue weighted by atomic mass is 9.87. The highest BCUT2D eigenvalue weighted by atomic mass is 16.5. The summed E-state index contributed by atoms with van der Waals surface area (Å²) in [5.74, 6) is -0.730. The molecule has 0 saturated carbocycles. The number of carbonyl (C=O) groups excluding carboxylic acids is 2. The molecule has 0 N–H and O–H groups in total. The minimum absolute atomic E-state index is 0.0102. The van der Waals surface area contributed by atoms with Crippen molar-refractivity contribution in [3.63, 3.8) is 0 Å². The molecule has 0 amide bonds. The predicted octanol–water partition coefficient (Wildman–Crippen LogP) is 3.17. The fraction of sp³-hybridized carbons (Fsp3) is 0.647. The smallest absolute Gasteiger partial charge is 0.335 e. The normalized spacial score (nSPS) is 24.4. The maximum Gasteiger partial charge on any atom is 0.335 e. The Bertz CT molecular complexity index is 491. The molecule has 0 heterocycles. The SMILES string of the molecule is CC1=C(C)C2CC1C(C(=O)OC(C)C)=C2C(=O)OC(C)C. The highest BCUT2D eigenvalue weighted by Crippen LogP contribution is 2.52. The van der Waals surface area contributed by atoms with Gasteiger partial charge in [0.1, 0.15) is 0 Å². The third-order valence-corrected chi connectivity index (χ3v) is 4.25. The number of fused-ring (bicyclic) bond motifs is 2. The fourth-order valence-corrected chi connectivity index (χ4v) is 3.24. The number of rotatable bonds is 4. The van der Waals surface area contributed by atoms with E-state index in [-0.39, 0.29) is 36.0 Å². The van der Waals surface area contributed by atoms with E-state index in [1.807, 2.05) is 41.5 Å². The van der Waals surface area contributed by atoms with Crippen molar-refractivity contribution in [3.8, 4) is 0 Å². The second-order valence-corrected chi connectivity index (χ2v) is 6.44. The summed E-state index contributed by atoms with van der Waals surface area (Å²) in [7, 11) is 0. The van der Waals surface area contributed by atoms with E-state index < -0.39 is 0 Å². The summed E-state index contributed by atoms with van der Waals surface area (Å²) < 4.78 is 10.7. The zero-order valence-electron chi connectivity index (χ0n) is 13.6. The summed E-state index contributed by atoms with van der Waals surface area (Å²) in [6.45, 7) is 11.3. The average Bonchev–Trinajstić information content (AvgIpc) is 2.85. The third kappa shape index (κ3) is 2.76. The van der Waals surface area contributed by atoms with Gasteiger partial charge in [-0.05, 0) is 48.0 Å². The molecule has 21 heavy (non-hydrogen) atoms. The molecular weight excluding hydrogens is 268 g/mol. The first kappa shape index (κ1) is 15.8. The summed E-state index contributed by atoms with van der Waals surface area (Å²) in [5, 5.41) is 0. The summed E-state index contributed by atoms with van der Waals surface area (Å²) in [5.41, 5.74) is 3.42. The van der Waals surface area contributed by atoms with Crippen LogP contribution in [0.1, 0.15) is 48.0 Å². The monoisotopic (exact) mass is 292 g/mol. The molecule has 0 fully saturated rings. The molecule has 2 atom stereocenters. The molecular formula is C17H24O4. The van der Waals surface area contributed by atoms with Crippen molar-refractivity contribution in [1.82, 2.24) is 0 Å². The minimum Gasteiger partial charge on any atom is -0.460 e. The van der Waals surface area contributed by atoms with Crippen molar-refractivity contribution in [2.24, 2.45) is 11.8 Å². The molecule has 0 aromatic carbocycles. The van der Waals surface area contributed by atoms with Crippen molar-refractivity contribution in [2.75, 3.05) is 0 Å². The van der Waals surface area contributed by atoms with Crippen LogP contribution >= 0.6 is 0 Å². The van der Waals surface area contributed by atoms with E-state index in [4.69, 9.17) is 9.47 Å². The molecule has 0 spiro atoms. The Morgan fingerprint density at radius 1 is 0.857 bits per heavy atom. The van der Waals surface area contributed by atoms with E-state index in [0.29, 0.717) is 11.1 Å². The summed E-state index contributed by atoms with van der Waals surface area (Å²) in [6, 6.07) is 0. The van der Waals surface area contributed by atoms with Crippen molar-refractivity contribution >= 4 is 11.9 Å². The van der Waals surface area contributed by atoms with Crippen molar-refractivity contribution < 1.29 is 19.1 Å². The Hall–Kier alpha value is -1.58. The number of ether oxygens (including phenoxy) is 2. The van der Waals surface area contributed by atoms with Gasteiger partial charge in [-0.25, -0.2) is 9.59 Å². The summed E-state index contributed by atoms with van der Waals surface area (Å²) >= 11 is 0. The van der Waals surface area contributed by atoms with Crippen molar-refractivity contribution in [1.29, 1.82) is 0 Å². The van der Waals surface area contributed by atoms with Gasteiger partial charge in [-0.2, -0.15) is 0 Å². The average molecular weight is 292 g/mol. The van der Waals surface area contributed by atoms with Gasteiger partial charge < -0.3 is 9.47 Å². The molecule has 4 nitrogen and oxygen atoms in total. The zero-order valence-corrected chi connectivity index (χ0v) is 13.6. The number of esters is 2. The lowest BCUT2D eigenvalue weighted by molar-refractivity contribution is -0.146. The van der Waals surface area contributed by atoms with Crippen LogP contribution in [-0.4, -0.2) is 24.1 Å². The predicted molar refractivity (Wildman–Crippen MR) is 79.5 cm³/mol. The molecule has 2 aliphatic rings. The Morgan fingerprint density at radius 3 is 1.48 bits per heavy atom. The highest BCUT2D eigenvalue weighted by Gasteiger charge is 2.48. The van der Waals surface area contributed by atoms with Crippen LogP contribution in [-0.2, 0) is 19.1 Å². The molecule has 0 radical (unpaired) electrons. The minimum atomic E-state index is -0.375. The molecule has 0 aromatic rings. The molecule has 4 heteroatoms. The molecule has 2 aliphatic carbocycles. The van der Waals surface area contributed by atoms with Crippen LogP contribution in [0.4, 0.5) is 0 Å². The van der Waals surface area contributed by atoms with Crippen molar-refractivity contribution in [2.45, 2.75) is 60.2 Å². The van der Waals surface area contributed by atoms with Gasteiger partial charge in [-0.3, -0.25) is 0 Å². The Balaban J connectivity index is 2.38. The van der Waals surface area contributed by atoms with Gasteiger partial charge in [0.2, 0.25) is 0 Å². The van der Waals surface area contributed by atoms with Crippen LogP contribution < -0.4 is 0 Å². The van der Waals surface area contributed by atoms with E-state index in [0.717, 1.165) is 6.42 Å². The van der Waals surface area contributed by atoms with E-state index in [2.05, 4.69) is 0 Å². The molecule has 0 aromatic heterocycles. The lowest BCUT2D eigenvalue weighted by Gasteiger charge is -2.22. The Kier molecular flexibility index (Phi) is 4.26. The van der Waals surface area contributed by atoms with Crippen LogP contribution in [0.15, 0.2) is 22.3 Å². The largest absolute Gasteiger partial charge is 0.460 e. The quantitative estimate of drug-likeness (QED) is 0.590. The fourth-order valence-electron chi connectivity index (χ4n) is 3.24. The van der Waals surface area contributed by atoms with Gasteiger partial charge in [-0.1, -0.05) is 11.1 Å². The van der Waals surface area contributed by atoms with Gasteiger partial charge in [-0.15, -0.1) is 0 Å². The van der Waals surface area contributed by atoms with Gasteiger partial charge >= 0.3 is 11.9 Å². The topological polar surface area (TPSA) is 52.6 Å². The molecule has 0 saturated heterocycles. The number of hydrogen-bond acceptors (Lipinski definition) is 4. The van der Waals surface area contributed by atoms with Gasteiger partial charge in [0.25, 0.3) is 0 Å². The first-order valence-corrected chi connectivity index (χ1v) is 7.57. The number of allylic oxidation sites excluding steroid dienone is 2. The zero-order chi connectivity index (χ0) is 15.9. The molecule has 2 bridgehead atoms. The lowest BCUT2D eigenvalue weighted by Crippen LogP contribution is -2.25. The highest BCUT2D eigenvalue weighted by molar-refractivity contribution is 6.04. The third-order valence-electron chi connectivity index (χ3n) is 4.25. The van der Waals surface area contributed by atoms with E-state index in [1.54, 1.807) is 0 Å². The van der Waals surface area contributed by atoms with Crippen LogP contribution in [0, 0.1) is 11.8 Å². The van der Waals surface area contributed by atoms with Crippen LogP contribution in [0.2, 0.25) is 0 Å². The summed E-state index contributed by atoms with van der Waals surface area (Å²) in [6.07, 6.45) is 0.400. The molecule has 116 valence electrons. The van der Waals surface area contributed by atoms with E-state index in [9.17, 15) is 9.59 Å².